The van der Waals surface area contributed by atoms with Crippen molar-refractivity contribution >= 4 is 17.5 Å². The number of halogens is 2. The lowest BCUT2D eigenvalue weighted by molar-refractivity contribution is -0.862. The molecule has 114 valence electrons. The fourth-order valence-electron chi connectivity index (χ4n) is 1.90. The van der Waals surface area contributed by atoms with Crippen molar-refractivity contribution in [3.8, 4) is 0 Å². The second-order valence-electron chi connectivity index (χ2n) is 5.32. The van der Waals surface area contributed by atoms with Crippen molar-refractivity contribution in [1.29, 1.82) is 0 Å². The van der Waals surface area contributed by atoms with E-state index in [4.69, 9.17) is 0 Å². The monoisotopic (exact) mass is 298 g/mol. The molecule has 0 bridgehead atoms. The van der Waals surface area contributed by atoms with Gasteiger partial charge in [0.25, 0.3) is 11.8 Å². The number of likely N-dealkylation sites (N-methyl/N-ethyl adjacent to an activating group) is 1. The first-order valence-electron chi connectivity index (χ1n) is 6.79. The van der Waals surface area contributed by atoms with Crippen LogP contribution in [-0.2, 0) is 9.59 Å². The Labute approximate surface area is 121 Å². The van der Waals surface area contributed by atoms with E-state index in [1.54, 1.807) is 7.05 Å². The first-order valence-corrected chi connectivity index (χ1v) is 6.79. The maximum atomic E-state index is 13.4. The van der Waals surface area contributed by atoms with Gasteiger partial charge in [-0.05, 0) is 25.0 Å². The zero-order valence-corrected chi connectivity index (χ0v) is 11.7. The highest BCUT2D eigenvalue weighted by Crippen LogP contribution is 2.18. The van der Waals surface area contributed by atoms with Gasteiger partial charge in [-0.15, -0.1) is 0 Å². The van der Waals surface area contributed by atoms with E-state index in [1.807, 2.05) is 0 Å². The van der Waals surface area contributed by atoms with Gasteiger partial charge in [0.05, 0.1) is 12.7 Å². The lowest BCUT2D eigenvalue weighted by Crippen LogP contribution is -3.11. The number of carbonyl (C=O) groups is 2. The SMILES string of the molecule is C[NH+](CC(=O)Nc1ccc(F)cc1F)CC(=O)NC1CC1. The number of carbonyl (C=O) groups excluding carboxylic acids is 2. The lowest BCUT2D eigenvalue weighted by Gasteiger charge is -2.13. The molecule has 1 aliphatic carbocycles. The predicted molar refractivity (Wildman–Crippen MR) is 72.8 cm³/mol. The summed E-state index contributed by atoms with van der Waals surface area (Å²) in [5, 5.41) is 5.19. The predicted octanol–water partition coefficient (Wildman–Crippen LogP) is -0.303. The molecule has 0 saturated heterocycles. The van der Waals surface area contributed by atoms with E-state index >= 15 is 0 Å². The molecule has 3 N–H and O–H groups in total. The van der Waals surface area contributed by atoms with Crippen molar-refractivity contribution < 1.29 is 23.3 Å². The summed E-state index contributed by atoms with van der Waals surface area (Å²) in [6, 6.07) is 3.22. The molecule has 1 atom stereocenters. The summed E-state index contributed by atoms with van der Waals surface area (Å²) in [5.41, 5.74) is -0.0726. The van der Waals surface area contributed by atoms with Gasteiger partial charge in [0.15, 0.2) is 13.1 Å². The summed E-state index contributed by atoms with van der Waals surface area (Å²) in [5.74, 6) is -2.06. The Balaban J connectivity index is 1.78. The maximum absolute atomic E-state index is 13.4. The summed E-state index contributed by atoms with van der Waals surface area (Å²) in [6.07, 6.45) is 2.02. The highest BCUT2D eigenvalue weighted by atomic mass is 19.1. The van der Waals surface area contributed by atoms with Crippen LogP contribution in [0.1, 0.15) is 12.8 Å². The molecule has 1 aromatic carbocycles. The van der Waals surface area contributed by atoms with Gasteiger partial charge < -0.3 is 15.5 Å². The van der Waals surface area contributed by atoms with Gasteiger partial charge in [-0.1, -0.05) is 0 Å². The van der Waals surface area contributed by atoms with Crippen LogP contribution in [0, 0.1) is 11.6 Å². The molecule has 5 nitrogen and oxygen atoms in total. The lowest BCUT2D eigenvalue weighted by atomic mass is 10.3. The average Bonchev–Trinajstić information content (AvgIpc) is 3.16. The molecule has 1 fully saturated rings. The van der Waals surface area contributed by atoms with Gasteiger partial charge in [0.1, 0.15) is 11.6 Å². The van der Waals surface area contributed by atoms with Gasteiger partial charge >= 0.3 is 0 Å². The van der Waals surface area contributed by atoms with E-state index in [-0.39, 0.29) is 30.7 Å². The summed E-state index contributed by atoms with van der Waals surface area (Å²) >= 11 is 0. The number of quaternary nitrogens is 1. The Morgan fingerprint density at radius 3 is 2.52 bits per heavy atom. The minimum absolute atomic E-state index is 0.0227. The van der Waals surface area contributed by atoms with E-state index in [2.05, 4.69) is 10.6 Å². The Morgan fingerprint density at radius 2 is 1.90 bits per heavy atom. The molecule has 0 aromatic heterocycles. The van der Waals surface area contributed by atoms with E-state index in [0.29, 0.717) is 11.0 Å². The van der Waals surface area contributed by atoms with E-state index in [0.717, 1.165) is 25.0 Å². The van der Waals surface area contributed by atoms with Gasteiger partial charge in [-0.3, -0.25) is 9.59 Å². The van der Waals surface area contributed by atoms with Crippen LogP contribution < -0.4 is 15.5 Å². The van der Waals surface area contributed by atoms with Crippen molar-refractivity contribution in [2.45, 2.75) is 18.9 Å². The second kappa shape index (κ2) is 6.62. The molecule has 1 saturated carbocycles. The maximum Gasteiger partial charge on any atom is 0.279 e. The summed E-state index contributed by atoms with van der Waals surface area (Å²) in [6.45, 7) is 0.199. The summed E-state index contributed by atoms with van der Waals surface area (Å²) in [4.78, 5) is 24.0. The van der Waals surface area contributed by atoms with Crippen LogP contribution in [0.15, 0.2) is 18.2 Å². The van der Waals surface area contributed by atoms with Crippen molar-refractivity contribution in [3.63, 3.8) is 0 Å². The smallest absolute Gasteiger partial charge is 0.279 e. The second-order valence-corrected chi connectivity index (χ2v) is 5.32. The van der Waals surface area contributed by atoms with Crippen LogP contribution >= 0.6 is 0 Å². The van der Waals surface area contributed by atoms with Crippen LogP contribution in [0.4, 0.5) is 14.5 Å². The first-order chi connectivity index (χ1) is 9.94. The number of nitrogens with one attached hydrogen (secondary N) is 3. The molecule has 1 aromatic rings. The number of benzene rings is 1. The standard InChI is InChI=1S/C14H17F2N3O2/c1-19(7-13(20)17-10-3-4-10)8-14(21)18-12-5-2-9(15)6-11(12)16/h2,5-6,10H,3-4,7-8H2,1H3,(H,17,20)(H,18,21)/p+1. The van der Waals surface area contributed by atoms with Crippen LogP contribution in [0.3, 0.4) is 0 Å². The fourth-order valence-corrected chi connectivity index (χ4v) is 1.90. The Morgan fingerprint density at radius 1 is 1.24 bits per heavy atom. The largest absolute Gasteiger partial charge is 0.348 e. The molecular weight excluding hydrogens is 280 g/mol. The number of rotatable bonds is 6. The molecule has 2 rings (SSSR count). The molecule has 0 radical (unpaired) electrons. The van der Waals surface area contributed by atoms with Crippen molar-refractivity contribution in [2.24, 2.45) is 0 Å². The third-order valence-electron chi connectivity index (χ3n) is 3.07. The number of hydrogen-bond donors (Lipinski definition) is 3. The van der Waals surface area contributed by atoms with E-state index in [9.17, 15) is 18.4 Å². The van der Waals surface area contributed by atoms with Gasteiger partial charge in [0, 0.05) is 12.1 Å². The molecule has 0 aliphatic heterocycles. The summed E-state index contributed by atoms with van der Waals surface area (Å²) in [7, 11) is 1.70. The van der Waals surface area contributed by atoms with Gasteiger partial charge in [0.2, 0.25) is 0 Å². The summed E-state index contributed by atoms with van der Waals surface area (Å²) < 4.78 is 26.1. The number of hydrogen-bond acceptors (Lipinski definition) is 2. The zero-order chi connectivity index (χ0) is 15.4. The van der Waals surface area contributed by atoms with Crippen LogP contribution in [0.25, 0.3) is 0 Å². The first kappa shape index (κ1) is 15.4. The van der Waals surface area contributed by atoms with Crippen LogP contribution in [0.2, 0.25) is 0 Å². The molecule has 1 unspecified atom stereocenters. The molecule has 7 heteroatoms. The average molecular weight is 298 g/mol. The highest BCUT2D eigenvalue weighted by molar-refractivity contribution is 5.91. The normalized spacial score (nSPS) is 15.4. The van der Waals surface area contributed by atoms with Crippen molar-refractivity contribution in [2.75, 3.05) is 25.5 Å². The highest BCUT2D eigenvalue weighted by Gasteiger charge is 2.25. The quantitative estimate of drug-likeness (QED) is 0.675. The number of amides is 2. The number of anilines is 1. The van der Waals surface area contributed by atoms with Gasteiger partial charge in [-0.2, -0.15) is 0 Å². The minimum Gasteiger partial charge on any atom is -0.348 e. The Hall–Kier alpha value is -2.02. The fraction of sp³-hybridized carbons (Fsp3) is 0.429. The molecule has 0 heterocycles. The Bertz CT molecular complexity index is 547. The third kappa shape index (κ3) is 5.11. The van der Waals surface area contributed by atoms with Crippen LogP contribution in [0.5, 0.6) is 0 Å². The van der Waals surface area contributed by atoms with Gasteiger partial charge in [-0.25, -0.2) is 8.78 Å². The molecule has 21 heavy (non-hydrogen) atoms. The van der Waals surface area contributed by atoms with Crippen molar-refractivity contribution in [3.05, 3.63) is 29.8 Å². The zero-order valence-electron chi connectivity index (χ0n) is 11.7. The van der Waals surface area contributed by atoms with Crippen molar-refractivity contribution in [1.82, 2.24) is 5.32 Å². The van der Waals surface area contributed by atoms with Crippen LogP contribution in [-0.4, -0.2) is 38.0 Å². The molecular formula is C14H18F2N3O2+. The minimum atomic E-state index is -0.826. The molecule has 1 aliphatic rings. The molecule has 2 amide bonds. The molecule has 0 spiro atoms. The van der Waals surface area contributed by atoms with E-state index in [1.165, 1.54) is 0 Å². The Kier molecular flexibility index (Phi) is 4.85. The third-order valence-corrected chi connectivity index (χ3v) is 3.07. The topological polar surface area (TPSA) is 62.6 Å². The van der Waals surface area contributed by atoms with E-state index < -0.39 is 17.5 Å².